The summed E-state index contributed by atoms with van der Waals surface area (Å²) < 4.78 is 0. The zero-order valence-electron chi connectivity index (χ0n) is 11.8. The number of carbonyl (C=O) groups is 1. The van der Waals surface area contributed by atoms with Gasteiger partial charge in [0.05, 0.1) is 6.04 Å². The Bertz CT molecular complexity index is 424. The average Bonchev–Trinajstić information content (AvgIpc) is 2.66. The van der Waals surface area contributed by atoms with Gasteiger partial charge in [0.15, 0.2) is 0 Å². The monoisotopic (exact) mass is 338 g/mol. The van der Waals surface area contributed by atoms with Gasteiger partial charge in [0.1, 0.15) is 0 Å². The molecule has 0 radical (unpaired) electrons. The highest BCUT2D eigenvalue weighted by molar-refractivity contribution is 9.09. The second-order valence-electron chi connectivity index (χ2n) is 5.41. The summed E-state index contributed by atoms with van der Waals surface area (Å²) in [5.41, 5.74) is 7.32. The molecule has 1 fully saturated rings. The number of benzene rings is 1. The minimum Gasteiger partial charge on any atom is -0.326 e. The van der Waals surface area contributed by atoms with Gasteiger partial charge in [0.25, 0.3) is 0 Å². The Hall–Kier alpha value is -0.870. The largest absolute Gasteiger partial charge is 0.326 e. The number of rotatable bonds is 4. The fraction of sp³-hybridized carbons (Fsp3) is 0.562. The standard InChI is InChI=1S/C16H23BrN2O/c17-12-11-16(20)19(13-7-3-1-4-8-13)15-10-6-2-5-9-14(15)18/h1,3-4,7-8,14-15H,2,5-6,9-12,18H2. The molecule has 0 heterocycles. The molecule has 0 spiro atoms. The zero-order valence-corrected chi connectivity index (χ0v) is 13.4. The molecule has 2 rings (SSSR count). The summed E-state index contributed by atoms with van der Waals surface area (Å²) in [5.74, 6) is 0.162. The van der Waals surface area contributed by atoms with E-state index in [1.165, 1.54) is 12.8 Å². The summed E-state index contributed by atoms with van der Waals surface area (Å²) in [5, 5.41) is 0.692. The number of nitrogens with two attached hydrogens (primary N) is 1. The van der Waals surface area contributed by atoms with Crippen LogP contribution in [0, 0.1) is 0 Å². The number of nitrogens with zero attached hydrogens (tertiary/aromatic N) is 1. The van der Waals surface area contributed by atoms with Gasteiger partial charge >= 0.3 is 0 Å². The Labute approximate surface area is 129 Å². The van der Waals surface area contributed by atoms with Crippen LogP contribution in [-0.4, -0.2) is 23.3 Å². The SMILES string of the molecule is NC1CCCCCC1N(C(=O)CCBr)c1ccccc1. The number of hydrogen-bond acceptors (Lipinski definition) is 2. The summed E-state index contributed by atoms with van der Waals surface area (Å²) in [6.07, 6.45) is 6.08. The van der Waals surface area contributed by atoms with E-state index in [4.69, 9.17) is 5.73 Å². The topological polar surface area (TPSA) is 46.3 Å². The smallest absolute Gasteiger partial charge is 0.228 e. The number of halogens is 1. The first-order chi connectivity index (χ1) is 9.74. The Morgan fingerprint density at radius 1 is 1.20 bits per heavy atom. The minimum atomic E-state index is 0.0805. The minimum absolute atomic E-state index is 0.0805. The molecular formula is C16H23BrN2O. The van der Waals surface area contributed by atoms with E-state index >= 15 is 0 Å². The molecule has 0 saturated heterocycles. The van der Waals surface area contributed by atoms with Crippen LogP contribution in [0.25, 0.3) is 0 Å². The second-order valence-corrected chi connectivity index (χ2v) is 6.20. The van der Waals surface area contributed by atoms with Crippen molar-refractivity contribution in [3.05, 3.63) is 30.3 Å². The van der Waals surface area contributed by atoms with E-state index < -0.39 is 0 Å². The molecule has 1 saturated carbocycles. The van der Waals surface area contributed by atoms with Crippen molar-refractivity contribution in [2.75, 3.05) is 10.2 Å². The van der Waals surface area contributed by atoms with Crippen LogP contribution >= 0.6 is 15.9 Å². The van der Waals surface area contributed by atoms with Gasteiger partial charge in [-0.15, -0.1) is 0 Å². The van der Waals surface area contributed by atoms with Gasteiger partial charge in [-0.2, -0.15) is 0 Å². The van der Waals surface area contributed by atoms with E-state index in [1.807, 2.05) is 35.2 Å². The van der Waals surface area contributed by atoms with Crippen LogP contribution in [0.15, 0.2) is 30.3 Å². The van der Waals surface area contributed by atoms with Crippen molar-refractivity contribution in [3.63, 3.8) is 0 Å². The Morgan fingerprint density at radius 2 is 1.90 bits per heavy atom. The molecule has 0 bridgehead atoms. The molecule has 3 nitrogen and oxygen atoms in total. The lowest BCUT2D eigenvalue weighted by Gasteiger charge is -2.35. The third kappa shape index (κ3) is 3.83. The normalized spacial score (nSPS) is 23.1. The van der Waals surface area contributed by atoms with Crippen LogP contribution < -0.4 is 10.6 Å². The molecule has 0 aliphatic heterocycles. The highest BCUT2D eigenvalue weighted by atomic mass is 79.9. The number of para-hydroxylation sites is 1. The molecule has 110 valence electrons. The number of hydrogen-bond donors (Lipinski definition) is 1. The van der Waals surface area contributed by atoms with Crippen LogP contribution in [0.4, 0.5) is 5.69 Å². The molecule has 1 amide bonds. The van der Waals surface area contributed by atoms with Crippen molar-refractivity contribution in [3.8, 4) is 0 Å². The molecular weight excluding hydrogens is 316 g/mol. The van der Waals surface area contributed by atoms with E-state index in [0.717, 1.165) is 24.9 Å². The van der Waals surface area contributed by atoms with Gasteiger partial charge in [-0.3, -0.25) is 4.79 Å². The fourth-order valence-electron chi connectivity index (χ4n) is 2.95. The van der Waals surface area contributed by atoms with Gasteiger partial charge in [-0.25, -0.2) is 0 Å². The number of carbonyl (C=O) groups excluding carboxylic acids is 1. The molecule has 4 heteroatoms. The van der Waals surface area contributed by atoms with E-state index in [9.17, 15) is 4.79 Å². The first-order valence-corrected chi connectivity index (χ1v) is 8.55. The molecule has 20 heavy (non-hydrogen) atoms. The molecule has 1 aliphatic rings. The lowest BCUT2D eigenvalue weighted by Crippen LogP contribution is -2.50. The first kappa shape index (κ1) is 15.5. The van der Waals surface area contributed by atoms with Gasteiger partial charge in [0, 0.05) is 23.5 Å². The first-order valence-electron chi connectivity index (χ1n) is 7.42. The number of amides is 1. The maximum atomic E-state index is 12.5. The molecule has 1 aromatic rings. The predicted octanol–water partition coefficient (Wildman–Crippen LogP) is 3.46. The maximum absolute atomic E-state index is 12.5. The Kier molecular flexibility index (Phi) is 6.05. The summed E-state index contributed by atoms with van der Waals surface area (Å²) in [6, 6.07) is 10.2. The predicted molar refractivity (Wildman–Crippen MR) is 87.2 cm³/mol. The van der Waals surface area contributed by atoms with Crippen molar-refractivity contribution >= 4 is 27.5 Å². The van der Waals surface area contributed by atoms with Crippen molar-refractivity contribution in [2.45, 2.75) is 50.6 Å². The van der Waals surface area contributed by atoms with Gasteiger partial charge < -0.3 is 10.6 Å². The van der Waals surface area contributed by atoms with Crippen molar-refractivity contribution in [1.82, 2.24) is 0 Å². The van der Waals surface area contributed by atoms with Gasteiger partial charge in [-0.1, -0.05) is 53.4 Å². The second kappa shape index (κ2) is 7.79. The zero-order chi connectivity index (χ0) is 14.4. The summed E-state index contributed by atoms with van der Waals surface area (Å²) in [7, 11) is 0. The molecule has 0 aromatic heterocycles. The van der Waals surface area contributed by atoms with Gasteiger partial charge in [-0.05, 0) is 25.0 Å². The van der Waals surface area contributed by atoms with Crippen LogP contribution in [0.1, 0.15) is 38.5 Å². The maximum Gasteiger partial charge on any atom is 0.228 e. The van der Waals surface area contributed by atoms with Crippen molar-refractivity contribution in [2.24, 2.45) is 5.73 Å². The van der Waals surface area contributed by atoms with Crippen molar-refractivity contribution < 1.29 is 4.79 Å². The lowest BCUT2D eigenvalue weighted by atomic mass is 10.0. The quantitative estimate of drug-likeness (QED) is 0.674. The van der Waals surface area contributed by atoms with E-state index in [1.54, 1.807) is 0 Å². The third-order valence-corrected chi connectivity index (χ3v) is 4.37. The highest BCUT2D eigenvalue weighted by Crippen LogP contribution is 2.27. The van der Waals surface area contributed by atoms with E-state index in [0.29, 0.717) is 11.8 Å². The highest BCUT2D eigenvalue weighted by Gasteiger charge is 2.30. The lowest BCUT2D eigenvalue weighted by molar-refractivity contribution is -0.118. The van der Waals surface area contributed by atoms with E-state index in [-0.39, 0.29) is 18.0 Å². The van der Waals surface area contributed by atoms with Crippen LogP contribution in [0.5, 0.6) is 0 Å². The number of alkyl halides is 1. The number of anilines is 1. The average molecular weight is 339 g/mol. The molecule has 2 atom stereocenters. The summed E-state index contributed by atoms with van der Waals surface area (Å²) >= 11 is 3.37. The van der Waals surface area contributed by atoms with Crippen molar-refractivity contribution in [1.29, 1.82) is 0 Å². The fourth-order valence-corrected chi connectivity index (χ4v) is 3.29. The molecule has 1 aliphatic carbocycles. The molecule has 2 N–H and O–H groups in total. The Balaban J connectivity index is 2.27. The van der Waals surface area contributed by atoms with Crippen LogP contribution in [0.2, 0.25) is 0 Å². The van der Waals surface area contributed by atoms with E-state index in [2.05, 4.69) is 15.9 Å². The summed E-state index contributed by atoms with van der Waals surface area (Å²) in [4.78, 5) is 14.5. The van der Waals surface area contributed by atoms with Crippen LogP contribution in [-0.2, 0) is 4.79 Å². The third-order valence-electron chi connectivity index (χ3n) is 3.97. The molecule has 2 unspecified atom stereocenters. The Morgan fingerprint density at radius 3 is 2.60 bits per heavy atom. The van der Waals surface area contributed by atoms with Gasteiger partial charge in [0.2, 0.25) is 5.91 Å². The summed E-state index contributed by atoms with van der Waals surface area (Å²) in [6.45, 7) is 0. The molecule has 1 aromatic carbocycles. The van der Waals surface area contributed by atoms with Crippen LogP contribution in [0.3, 0.4) is 0 Å².